The highest BCUT2D eigenvalue weighted by molar-refractivity contribution is 7.80. The summed E-state index contributed by atoms with van der Waals surface area (Å²) in [6, 6.07) is 0. The van der Waals surface area contributed by atoms with E-state index in [-0.39, 0.29) is 13.2 Å². The largest absolute Gasteiger partial charge is 0.756 e. The first-order valence-electron chi connectivity index (χ1n) is 11.0. The molecule has 0 aromatic heterocycles. The molecule has 0 aliphatic heterocycles. The van der Waals surface area contributed by atoms with Gasteiger partial charge in [-0.2, -0.15) is 0 Å². The zero-order valence-electron chi connectivity index (χ0n) is 19.8. The fourth-order valence-electron chi connectivity index (χ4n) is 2.64. The summed E-state index contributed by atoms with van der Waals surface area (Å²) in [7, 11) is 3.02. The van der Waals surface area contributed by atoms with E-state index in [4.69, 9.17) is 22.2 Å². The molecule has 0 fully saturated rings. The number of phosphoric ester groups is 1. The second-order valence-electron chi connectivity index (χ2n) is 8.41. The number of likely N-dealkylation sites (N-methyl/N-ethyl adjacent to an activating group) is 1. The van der Waals surface area contributed by atoms with Crippen molar-refractivity contribution in [2.75, 3.05) is 61.0 Å². The van der Waals surface area contributed by atoms with Crippen molar-refractivity contribution in [2.45, 2.75) is 64.7 Å². The van der Waals surface area contributed by atoms with Gasteiger partial charge in [0.05, 0.1) is 27.7 Å². The van der Waals surface area contributed by atoms with Crippen molar-refractivity contribution in [1.82, 2.24) is 10.2 Å². The summed E-state index contributed by atoms with van der Waals surface area (Å²) in [6.45, 7) is 4.56. The van der Waals surface area contributed by atoms with Crippen LogP contribution in [0.25, 0.3) is 0 Å². The Morgan fingerprint density at radius 2 is 1.57 bits per heavy atom. The molecule has 0 aliphatic rings. The van der Waals surface area contributed by atoms with Gasteiger partial charge in [0, 0.05) is 20.1 Å². The standard InChI is InChI=1S/C15H32N2OS.C5H14NO4P/c1-3-4-5-6-7-8-9-10-11-12-17(13-14-18)15(19)16-2;1-6(2,3)4-5-10-11(7,8)9/h18H,3-14H2,1-2H3,(H,16,19);4-5H2,1-3H3,(H-,7,8,9). The molecule has 30 heavy (non-hydrogen) atoms. The number of thiocarbonyl (C=S) groups is 1. The highest BCUT2D eigenvalue weighted by atomic mass is 32.1. The Kier molecular flexibility index (Phi) is 20.6. The topological polar surface area (TPSA) is 105 Å². The summed E-state index contributed by atoms with van der Waals surface area (Å²) < 4.78 is 14.8. The van der Waals surface area contributed by atoms with Crippen molar-refractivity contribution < 1.29 is 28.5 Å². The molecule has 0 saturated carbocycles. The smallest absolute Gasteiger partial charge is 0.265 e. The molecule has 3 N–H and O–H groups in total. The fourth-order valence-corrected chi connectivity index (χ4v) is 3.13. The lowest BCUT2D eigenvalue weighted by Crippen LogP contribution is -2.40. The summed E-state index contributed by atoms with van der Waals surface area (Å²) >= 11 is 5.21. The first-order valence-corrected chi connectivity index (χ1v) is 12.9. The molecule has 0 aromatic carbocycles. The highest BCUT2D eigenvalue weighted by Crippen LogP contribution is 2.29. The van der Waals surface area contributed by atoms with E-state index >= 15 is 0 Å². The number of nitrogens with one attached hydrogen (secondary N) is 1. The molecule has 1 atom stereocenters. The minimum absolute atomic E-state index is 0.0147. The van der Waals surface area contributed by atoms with E-state index in [0.29, 0.717) is 17.6 Å². The third-order valence-corrected chi connectivity index (χ3v) is 5.39. The monoisotopic (exact) mass is 471 g/mol. The number of nitrogens with zero attached hydrogens (tertiary/aromatic N) is 2. The third-order valence-electron chi connectivity index (χ3n) is 4.42. The Bertz CT molecular complexity index is 458. The molecule has 182 valence electrons. The number of hydrogen-bond donors (Lipinski definition) is 3. The molecular weight excluding hydrogens is 425 g/mol. The van der Waals surface area contributed by atoms with Gasteiger partial charge in [-0.05, 0) is 18.6 Å². The second-order valence-corrected chi connectivity index (χ2v) is 9.99. The summed E-state index contributed by atoms with van der Waals surface area (Å²) in [5, 5.41) is 12.7. The molecule has 0 saturated heterocycles. The van der Waals surface area contributed by atoms with Crippen LogP contribution in [0, 0.1) is 0 Å². The van der Waals surface area contributed by atoms with E-state index in [9.17, 15) is 9.46 Å². The number of unbranched alkanes of at least 4 members (excludes halogenated alkanes) is 8. The molecule has 0 radical (unpaired) electrons. The quantitative estimate of drug-likeness (QED) is 0.136. The van der Waals surface area contributed by atoms with Crippen molar-refractivity contribution in [2.24, 2.45) is 0 Å². The zero-order valence-corrected chi connectivity index (χ0v) is 21.5. The lowest BCUT2D eigenvalue weighted by molar-refractivity contribution is -0.870. The van der Waals surface area contributed by atoms with Crippen LogP contribution in [0.2, 0.25) is 0 Å². The van der Waals surface area contributed by atoms with Gasteiger partial charge >= 0.3 is 0 Å². The Labute approximate surface area is 189 Å². The first kappa shape index (κ1) is 31.9. The van der Waals surface area contributed by atoms with E-state index in [1.165, 1.54) is 51.4 Å². The zero-order chi connectivity index (χ0) is 23.5. The van der Waals surface area contributed by atoms with Crippen molar-refractivity contribution in [3.05, 3.63) is 0 Å². The maximum absolute atomic E-state index is 10.1. The van der Waals surface area contributed by atoms with Crippen LogP contribution in [0.4, 0.5) is 0 Å². The lowest BCUT2D eigenvalue weighted by Gasteiger charge is -2.25. The van der Waals surface area contributed by atoms with Crippen LogP contribution in [0.1, 0.15) is 64.7 Å². The number of hydrogen-bond acceptors (Lipinski definition) is 5. The Hall–Kier alpha value is -0.280. The van der Waals surface area contributed by atoms with Gasteiger partial charge in [-0.1, -0.05) is 58.3 Å². The Balaban J connectivity index is 0. The predicted octanol–water partition coefficient (Wildman–Crippen LogP) is 2.49. The van der Waals surface area contributed by atoms with Crippen molar-refractivity contribution >= 4 is 25.2 Å². The first-order chi connectivity index (χ1) is 14.0. The average molecular weight is 472 g/mol. The van der Waals surface area contributed by atoms with Crippen LogP contribution in [0.3, 0.4) is 0 Å². The van der Waals surface area contributed by atoms with Gasteiger partial charge in [-0.25, -0.2) is 0 Å². The number of aliphatic hydroxyl groups excluding tert-OH is 1. The number of quaternary nitrogens is 1. The van der Waals surface area contributed by atoms with Crippen LogP contribution in [0.15, 0.2) is 0 Å². The fraction of sp³-hybridized carbons (Fsp3) is 0.950. The SMILES string of the molecule is CCCCCCCCCCCN(CCO)C(=S)NC.C[N+](C)(C)CCOP(=O)([O-])O. The summed E-state index contributed by atoms with van der Waals surface area (Å²) in [4.78, 5) is 20.3. The Morgan fingerprint density at radius 1 is 1.07 bits per heavy atom. The third kappa shape index (κ3) is 25.8. The van der Waals surface area contributed by atoms with E-state index in [2.05, 4.69) is 21.7 Å². The number of phosphoric acid groups is 1. The van der Waals surface area contributed by atoms with Crippen molar-refractivity contribution in [3.63, 3.8) is 0 Å². The maximum Gasteiger partial charge on any atom is 0.265 e. The lowest BCUT2D eigenvalue weighted by atomic mass is 10.1. The van der Waals surface area contributed by atoms with Crippen molar-refractivity contribution in [3.8, 4) is 0 Å². The molecule has 0 rings (SSSR count). The molecule has 0 bridgehead atoms. The minimum atomic E-state index is -4.51. The maximum atomic E-state index is 10.1. The van der Waals surface area contributed by atoms with Gasteiger partial charge in [0.2, 0.25) is 0 Å². The summed E-state index contributed by atoms with van der Waals surface area (Å²) in [5.41, 5.74) is 0. The molecule has 0 heterocycles. The van der Waals surface area contributed by atoms with Crippen LogP contribution in [-0.2, 0) is 9.09 Å². The second kappa shape index (κ2) is 19.4. The summed E-state index contributed by atoms with van der Waals surface area (Å²) in [5.74, 6) is 0. The molecule has 0 aromatic rings. The van der Waals surface area contributed by atoms with Crippen molar-refractivity contribution in [1.29, 1.82) is 0 Å². The number of rotatable bonds is 16. The van der Waals surface area contributed by atoms with Gasteiger partial charge < -0.3 is 34.1 Å². The molecule has 0 amide bonds. The van der Waals surface area contributed by atoms with E-state index in [1.54, 1.807) is 0 Å². The van der Waals surface area contributed by atoms with Gasteiger partial charge in [0.15, 0.2) is 5.11 Å². The minimum Gasteiger partial charge on any atom is -0.756 e. The van der Waals surface area contributed by atoms with Crippen LogP contribution >= 0.6 is 20.0 Å². The predicted molar refractivity (Wildman–Crippen MR) is 126 cm³/mol. The van der Waals surface area contributed by atoms with Gasteiger partial charge in [0.1, 0.15) is 13.2 Å². The Morgan fingerprint density at radius 3 is 1.97 bits per heavy atom. The molecule has 8 nitrogen and oxygen atoms in total. The molecule has 0 spiro atoms. The molecule has 10 heteroatoms. The van der Waals surface area contributed by atoms with Gasteiger partial charge in [-0.15, -0.1) is 0 Å². The average Bonchev–Trinajstić information content (AvgIpc) is 2.63. The summed E-state index contributed by atoms with van der Waals surface area (Å²) in [6.07, 6.45) is 12.0. The van der Waals surface area contributed by atoms with Crippen LogP contribution in [0.5, 0.6) is 0 Å². The van der Waals surface area contributed by atoms with Crippen LogP contribution < -0.4 is 10.2 Å². The molecule has 0 aliphatic carbocycles. The highest BCUT2D eigenvalue weighted by Gasteiger charge is 2.09. The normalized spacial score (nSPS) is 13.2. The van der Waals surface area contributed by atoms with E-state index in [0.717, 1.165) is 18.1 Å². The number of aliphatic hydroxyl groups is 1. The van der Waals surface area contributed by atoms with Gasteiger partial charge in [-0.3, -0.25) is 4.57 Å². The van der Waals surface area contributed by atoms with Gasteiger partial charge in [0.25, 0.3) is 7.82 Å². The molecule has 1 unspecified atom stereocenters. The molecular formula is C20H46N3O5PS. The van der Waals surface area contributed by atoms with Crippen LogP contribution in [-0.4, -0.2) is 85.5 Å². The van der Waals surface area contributed by atoms with E-state index in [1.807, 2.05) is 28.2 Å². The van der Waals surface area contributed by atoms with E-state index < -0.39 is 7.82 Å².